The molecule has 19 heavy (non-hydrogen) atoms. The van der Waals surface area contributed by atoms with Gasteiger partial charge in [0, 0.05) is 18.8 Å². The van der Waals surface area contributed by atoms with Crippen LogP contribution in [0.25, 0.3) is 5.65 Å². The summed E-state index contributed by atoms with van der Waals surface area (Å²) in [6.45, 7) is 2.51. The molecule has 0 aromatic carbocycles. The van der Waals surface area contributed by atoms with Crippen molar-refractivity contribution in [1.82, 2.24) is 19.1 Å². The lowest BCUT2D eigenvalue weighted by Crippen LogP contribution is -2.36. The molecule has 0 bridgehead atoms. The van der Waals surface area contributed by atoms with Crippen LogP contribution in [0.5, 0.6) is 0 Å². The molecule has 0 radical (unpaired) electrons. The summed E-state index contributed by atoms with van der Waals surface area (Å²) in [4.78, 5) is 14.3. The number of pyridine rings is 1. The fourth-order valence-corrected chi connectivity index (χ4v) is 2.73. The molecule has 3 rings (SSSR count). The van der Waals surface area contributed by atoms with Gasteiger partial charge in [-0.05, 0) is 31.5 Å². The number of fused-ring (bicyclic) bond motifs is 1. The standard InChI is InChI=1S/C13H18N4O2/c18-10-11-4-3-6-15(11)8-9-17-13(19)16-7-2-1-5-12(16)14-17/h1-2,5,7,11,18H,3-4,6,8-10H2. The Balaban J connectivity index is 1.75. The summed E-state index contributed by atoms with van der Waals surface area (Å²) < 4.78 is 3.05. The summed E-state index contributed by atoms with van der Waals surface area (Å²) in [6, 6.07) is 5.76. The van der Waals surface area contributed by atoms with E-state index in [1.54, 1.807) is 10.6 Å². The van der Waals surface area contributed by atoms with Gasteiger partial charge in [-0.2, -0.15) is 0 Å². The minimum atomic E-state index is -0.102. The van der Waals surface area contributed by atoms with Gasteiger partial charge in [-0.1, -0.05) is 6.07 Å². The Bertz CT molecular complexity index is 618. The molecule has 1 atom stereocenters. The molecule has 2 aromatic rings. The van der Waals surface area contributed by atoms with Gasteiger partial charge < -0.3 is 5.11 Å². The third-order valence-electron chi connectivity index (χ3n) is 3.80. The van der Waals surface area contributed by atoms with Crippen LogP contribution >= 0.6 is 0 Å². The van der Waals surface area contributed by atoms with Crippen LogP contribution in [-0.2, 0) is 6.54 Å². The van der Waals surface area contributed by atoms with E-state index in [0.29, 0.717) is 12.2 Å². The predicted octanol–water partition coefficient (Wildman–Crippen LogP) is -0.0473. The number of nitrogens with zero attached hydrogens (tertiary/aromatic N) is 4. The van der Waals surface area contributed by atoms with Gasteiger partial charge in [-0.25, -0.2) is 9.48 Å². The minimum Gasteiger partial charge on any atom is -0.395 e. The van der Waals surface area contributed by atoms with E-state index < -0.39 is 0 Å². The zero-order valence-corrected chi connectivity index (χ0v) is 10.8. The lowest BCUT2D eigenvalue weighted by molar-refractivity contribution is 0.153. The molecule has 6 heteroatoms. The molecule has 1 aliphatic rings. The molecule has 1 aliphatic heterocycles. The molecule has 1 unspecified atom stereocenters. The summed E-state index contributed by atoms with van der Waals surface area (Å²) in [7, 11) is 0. The maximum Gasteiger partial charge on any atom is 0.350 e. The molecule has 6 nitrogen and oxygen atoms in total. The Kier molecular flexibility index (Phi) is 3.35. The largest absolute Gasteiger partial charge is 0.395 e. The van der Waals surface area contributed by atoms with Crippen LogP contribution < -0.4 is 5.69 Å². The highest BCUT2D eigenvalue weighted by molar-refractivity contribution is 5.35. The normalized spacial score (nSPS) is 20.4. The Morgan fingerprint density at radius 1 is 1.37 bits per heavy atom. The molecule has 1 saturated heterocycles. The number of hydrogen-bond acceptors (Lipinski definition) is 4. The quantitative estimate of drug-likeness (QED) is 0.839. The maximum atomic E-state index is 12.1. The van der Waals surface area contributed by atoms with Gasteiger partial charge in [-0.3, -0.25) is 9.30 Å². The molecular weight excluding hydrogens is 244 g/mol. The first-order valence-corrected chi connectivity index (χ1v) is 6.69. The van der Waals surface area contributed by atoms with Gasteiger partial charge in [0.2, 0.25) is 0 Å². The summed E-state index contributed by atoms with van der Waals surface area (Å²) in [6.07, 6.45) is 3.88. The highest BCUT2D eigenvalue weighted by atomic mass is 16.3. The second-order valence-electron chi connectivity index (χ2n) is 4.95. The van der Waals surface area contributed by atoms with Crippen LogP contribution in [0.2, 0.25) is 0 Å². The van der Waals surface area contributed by atoms with Gasteiger partial charge in [0.25, 0.3) is 0 Å². The lowest BCUT2D eigenvalue weighted by atomic mass is 10.2. The van der Waals surface area contributed by atoms with Crippen LogP contribution in [0, 0.1) is 0 Å². The molecule has 2 aromatic heterocycles. The van der Waals surface area contributed by atoms with E-state index in [9.17, 15) is 9.90 Å². The van der Waals surface area contributed by atoms with Crippen molar-refractivity contribution in [3.8, 4) is 0 Å². The number of aromatic nitrogens is 3. The first kappa shape index (κ1) is 12.4. The summed E-state index contributed by atoms with van der Waals surface area (Å²) in [5.41, 5.74) is 0.572. The van der Waals surface area contributed by atoms with Crippen molar-refractivity contribution in [3.05, 3.63) is 34.9 Å². The van der Waals surface area contributed by atoms with Crippen LogP contribution in [-0.4, -0.2) is 49.9 Å². The van der Waals surface area contributed by atoms with Gasteiger partial charge >= 0.3 is 5.69 Å². The molecule has 1 N–H and O–H groups in total. The molecule has 102 valence electrons. The Morgan fingerprint density at radius 3 is 3.05 bits per heavy atom. The topological polar surface area (TPSA) is 62.8 Å². The fourth-order valence-electron chi connectivity index (χ4n) is 2.73. The average molecular weight is 262 g/mol. The first-order valence-electron chi connectivity index (χ1n) is 6.69. The van der Waals surface area contributed by atoms with Crippen LogP contribution in [0.4, 0.5) is 0 Å². The number of aliphatic hydroxyl groups is 1. The van der Waals surface area contributed by atoms with Crippen molar-refractivity contribution in [1.29, 1.82) is 0 Å². The van der Waals surface area contributed by atoms with E-state index in [4.69, 9.17) is 0 Å². The molecule has 3 heterocycles. The fraction of sp³-hybridized carbons (Fsp3) is 0.538. The second-order valence-corrected chi connectivity index (χ2v) is 4.95. The summed E-state index contributed by atoms with van der Waals surface area (Å²) >= 11 is 0. The maximum absolute atomic E-state index is 12.1. The van der Waals surface area contributed by atoms with Crippen molar-refractivity contribution in [2.75, 3.05) is 19.7 Å². The molecule has 0 amide bonds. The highest BCUT2D eigenvalue weighted by Crippen LogP contribution is 2.15. The zero-order chi connectivity index (χ0) is 13.2. The number of likely N-dealkylation sites (tertiary alicyclic amines) is 1. The van der Waals surface area contributed by atoms with E-state index in [1.165, 1.54) is 4.68 Å². The van der Waals surface area contributed by atoms with Crippen molar-refractivity contribution in [3.63, 3.8) is 0 Å². The van der Waals surface area contributed by atoms with Gasteiger partial charge in [-0.15, -0.1) is 5.10 Å². The zero-order valence-electron chi connectivity index (χ0n) is 10.8. The third kappa shape index (κ3) is 2.29. The number of aliphatic hydroxyl groups excluding tert-OH is 1. The van der Waals surface area contributed by atoms with Gasteiger partial charge in [0.05, 0.1) is 13.2 Å². The van der Waals surface area contributed by atoms with E-state index in [0.717, 1.165) is 25.9 Å². The van der Waals surface area contributed by atoms with E-state index in [-0.39, 0.29) is 18.3 Å². The van der Waals surface area contributed by atoms with E-state index >= 15 is 0 Å². The van der Waals surface area contributed by atoms with Crippen molar-refractivity contribution in [2.24, 2.45) is 0 Å². The summed E-state index contributed by atoms with van der Waals surface area (Å²) in [5.74, 6) is 0. The first-order chi connectivity index (χ1) is 9.29. The Labute approximate surface area is 110 Å². The number of hydrogen-bond donors (Lipinski definition) is 1. The van der Waals surface area contributed by atoms with E-state index in [1.807, 2.05) is 18.2 Å². The smallest absolute Gasteiger partial charge is 0.350 e. The average Bonchev–Trinajstić information content (AvgIpc) is 3.01. The minimum absolute atomic E-state index is 0.102. The second kappa shape index (κ2) is 5.14. The van der Waals surface area contributed by atoms with Gasteiger partial charge in [0.15, 0.2) is 5.65 Å². The van der Waals surface area contributed by atoms with Crippen molar-refractivity contribution in [2.45, 2.75) is 25.4 Å². The van der Waals surface area contributed by atoms with E-state index in [2.05, 4.69) is 10.00 Å². The van der Waals surface area contributed by atoms with Gasteiger partial charge in [0.1, 0.15) is 0 Å². The van der Waals surface area contributed by atoms with Crippen LogP contribution in [0.3, 0.4) is 0 Å². The SMILES string of the molecule is O=c1n(CCN2CCCC2CO)nc2ccccn12. The highest BCUT2D eigenvalue weighted by Gasteiger charge is 2.23. The Hall–Kier alpha value is -1.66. The summed E-state index contributed by atoms with van der Waals surface area (Å²) in [5, 5.41) is 13.6. The molecular formula is C13H18N4O2. The monoisotopic (exact) mass is 262 g/mol. The Morgan fingerprint density at radius 2 is 2.26 bits per heavy atom. The van der Waals surface area contributed by atoms with Crippen LogP contribution in [0.1, 0.15) is 12.8 Å². The van der Waals surface area contributed by atoms with Crippen molar-refractivity contribution < 1.29 is 5.11 Å². The van der Waals surface area contributed by atoms with Crippen molar-refractivity contribution >= 4 is 5.65 Å². The predicted molar refractivity (Wildman–Crippen MR) is 71.1 cm³/mol. The molecule has 0 saturated carbocycles. The molecule has 0 spiro atoms. The molecule has 0 aliphatic carbocycles. The third-order valence-corrected chi connectivity index (χ3v) is 3.80. The lowest BCUT2D eigenvalue weighted by Gasteiger charge is -2.21. The number of rotatable bonds is 4. The molecule has 1 fully saturated rings. The van der Waals surface area contributed by atoms with Crippen LogP contribution in [0.15, 0.2) is 29.2 Å².